The minimum absolute atomic E-state index is 0.0160. The Labute approximate surface area is 144 Å². The quantitative estimate of drug-likeness (QED) is 0.865. The zero-order valence-corrected chi connectivity index (χ0v) is 14.8. The summed E-state index contributed by atoms with van der Waals surface area (Å²) in [6.07, 6.45) is 0.319. The Balaban J connectivity index is 1.56. The molecule has 0 bridgehead atoms. The number of ether oxygens (including phenoxy) is 1. The van der Waals surface area contributed by atoms with Gasteiger partial charge in [0, 0.05) is 37.1 Å². The molecule has 1 aromatic carbocycles. The molecule has 1 amide bonds. The summed E-state index contributed by atoms with van der Waals surface area (Å²) in [7, 11) is 0. The van der Waals surface area contributed by atoms with E-state index in [4.69, 9.17) is 9.15 Å². The number of halogens is 1. The number of aryl methyl sites for hydroxylation is 1. The number of nitrogens with zero attached hydrogens (tertiary/aromatic N) is 1. The van der Waals surface area contributed by atoms with E-state index in [0.717, 1.165) is 54.9 Å². The van der Waals surface area contributed by atoms with E-state index in [0.29, 0.717) is 17.6 Å². The maximum atomic E-state index is 12.2. The monoisotopic (exact) mass is 380 g/mol. The van der Waals surface area contributed by atoms with Crippen LogP contribution < -0.4 is 5.32 Å². The number of morpholine rings is 1. The highest BCUT2D eigenvalue weighted by Crippen LogP contribution is 2.31. The van der Waals surface area contributed by atoms with E-state index in [-0.39, 0.29) is 5.91 Å². The summed E-state index contributed by atoms with van der Waals surface area (Å²) in [6.45, 7) is 6.98. The third-order valence-corrected chi connectivity index (χ3v) is 4.73. The molecule has 6 heteroatoms. The minimum atomic E-state index is 0.0160. The number of hydrogen-bond donors (Lipinski definition) is 1. The van der Waals surface area contributed by atoms with Crippen LogP contribution in [0.1, 0.15) is 11.1 Å². The summed E-state index contributed by atoms with van der Waals surface area (Å²) in [5, 5.41) is 3.98. The van der Waals surface area contributed by atoms with Gasteiger partial charge in [0.05, 0.1) is 19.6 Å². The largest absolute Gasteiger partial charge is 0.449 e. The molecule has 2 aromatic rings. The van der Waals surface area contributed by atoms with Gasteiger partial charge in [-0.15, -0.1) is 0 Å². The van der Waals surface area contributed by atoms with Gasteiger partial charge in [-0.2, -0.15) is 0 Å². The molecular formula is C17H21BrN2O3. The van der Waals surface area contributed by atoms with Gasteiger partial charge in [-0.3, -0.25) is 9.69 Å². The van der Waals surface area contributed by atoms with Gasteiger partial charge in [0.1, 0.15) is 5.58 Å². The van der Waals surface area contributed by atoms with Gasteiger partial charge >= 0.3 is 0 Å². The van der Waals surface area contributed by atoms with Gasteiger partial charge in [0.25, 0.3) is 0 Å². The lowest BCUT2D eigenvalue weighted by molar-refractivity contribution is -0.120. The molecule has 1 aliphatic rings. The molecule has 1 fully saturated rings. The first-order valence-corrected chi connectivity index (χ1v) is 8.67. The van der Waals surface area contributed by atoms with Crippen LogP contribution in [0.3, 0.4) is 0 Å². The van der Waals surface area contributed by atoms with Gasteiger partial charge < -0.3 is 14.5 Å². The fourth-order valence-corrected chi connectivity index (χ4v) is 3.32. The van der Waals surface area contributed by atoms with Crippen molar-refractivity contribution in [1.29, 1.82) is 0 Å². The Hall–Kier alpha value is -1.37. The number of furan rings is 1. The van der Waals surface area contributed by atoms with Crippen molar-refractivity contribution in [3.8, 4) is 0 Å². The smallest absolute Gasteiger partial charge is 0.224 e. The maximum absolute atomic E-state index is 12.2. The first-order valence-electron chi connectivity index (χ1n) is 7.88. The van der Waals surface area contributed by atoms with Gasteiger partial charge in [-0.25, -0.2) is 0 Å². The molecule has 3 rings (SSSR count). The van der Waals surface area contributed by atoms with Crippen molar-refractivity contribution < 1.29 is 13.9 Å². The number of benzene rings is 1. The average molecular weight is 381 g/mol. The molecule has 1 saturated heterocycles. The minimum Gasteiger partial charge on any atom is -0.449 e. The van der Waals surface area contributed by atoms with Gasteiger partial charge in [-0.1, -0.05) is 12.1 Å². The highest BCUT2D eigenvalue weighted by atomic mass is 79.9. The SMILES string of the molecule is Cc1ccc2c(CC(=O)NCCN3CCOCC3)c(Br)oc2c1. The summed E-state index contributed by atoms with van der Waals surface area (Å²) >= 11 is 3.42. The molecule has 0 saturated carbocycles. The summed E-state index contributed by atoms with van der Waals surface area (Å²) in [5.41, 5.74) is 2.86. The van der Waals surface area contributed by atoms with Crippen LogP contribution in [-0.2, 0) is 16.0 Å². The molecule has 124 valence electrons. The topological polar surface area (TPSA) is 54.7 Å². The van der Waals surface area contributed by atoms with Gasteiger partial charge in [0.15, 0.2) is 4.67 Å². The van der Waals surface area contributed by atoms with Gasteiger partial charge in [0.2, 0.25) is 5.91 Å². The third-order valence-electron chi connectivity index (χ3n) is 4.09. The highest BCUT2D eigenvalue weighted by molar-refractivity contribution is 9.10. The number of rotatable bonds is 5. The molecule has 2 heterocycles. The van der Waals surface area contributed by atoms with Crippen LogP contribution in [0.15, 0.2) is 27.3 Å². The van der Waals surface area contributed by atoms with Crippen molar-refractivity contribution >= 4 is 32.8 Å². The lowest BCUT2D eigenvalue weighted by Gasteiger charge is -2.26. The number of amides is 1. The second-order valence-corrected chi connectivity index (χ2v) is 6.55. The van der Waals surface area contributed by atoms with E-state index in [1.54, 1.807) is 0 Å². The third kappa shape index (κ3) is 4.13. The number of carbonyl (C=O) groups is 1. The van der Waals surface area contributed by atoms with Crippen LogP contribution in [0, 0.1) is 6.92 Å². The standard InChI is InChI=1S/C17H21BrN2O3/c1-12-2-3-13-14(17(18)23-15(13)10-12)11-16(21)19-4-5-20-6-8-22-9-7-20/h2-3,10H,4-9,11H2,1H3,(H,19,21). The predicted molar refractivity (Wildman–Crippen MR) is 92.6 cm³/mol. The van der Waals surface area contributed by atoms with E-state index in [1.807, 2.05) is 25.1 Å². The van der Waals surface area contributed by atoms with Gasteiger partial charge in [-0.05, 0) is 34.5 Å². The fourth-order valence-electron chi connectivity index (χ4n) is 2.79. The van der Waals surface area contributed by atoms with Crippen LogP contribution in [0.25, 0.3) is 11.0 Å². The van der Waals surface area contributed by atoms with Crippen molar-refractivity contribution in [3.63, 3.8) is 0 Å². The van der Waals surface area contributed by atoms with Crippen LogP contribution >= 0.6 is 15.9 Å². The van der Waals surface area contributed by atoms with Crippen molar-refractivity contribution in [2.24, 2.45) is 0 Å². The number of hydrogen-bond acceptors (Lipinski definition) is 4. The average Bonchev–Trinajstić information content (AvgIpc) is 2.83. The Bertz CT molecular complexity index is 692. The zero-order chi connectivity index (χ0) is 16.2. The molecule has 1 N–H and O–H groups in total. The molecule has 0 unspecified atom stereocenters. The van der Waals surface area contributed by atoms with E-state index < -0.39 is 0 Å². The molecule has 5 nitrogen and oxygen atoms in total. The van der Waals surface area contributed by atoms with Crippen LogP contribution in [0.5, 0.6) is 0 Å². The molecule has 0 spiro atoms. The first-order chi connectivity index (χ1) is 11.1. The molecule has 23 heavy (non-hydrogen) atoms. The lowest BCUT2D eigenvalue weighted by atomic mass is 10.1. The molecular weight excluding hydrogens is 360 g/mol. The van der Waals surface area contributed by atoms with Crippen LogP contribution in [0.2, 0.25) is 0 Å². The Morgan fingerprint density at radius 3 is 2.91 bits per heavy atom. The Morgan fingerprint density at radius 1 is 1.35 bits per heavy atom. The molecule has 1 aliphatic heterocycles. The first kappa shape index (κ1) is 16.5. The van der Waals surface area contributed by atoms with Crippen LogP contribution in [0.4, 0.5) is 0 Å². The van der Waals surface area contributed by atoms with E-state index in [2.05, 4.69) is 26.1 Å². The van der Waals surface area contributed by atoms with E-state index in [1.165, 1.54) is 0 Å². The van der Waals surface area contributed by atoms with Crippen molar-refractivity contribution in [1.82, 2.24) is 10.2 Å². The molecule has 0 aliphatic carbocycles. The molecule has 0 radical (unpaired) electrons. The summed E-state index contributed by atoms with van der Waals surface area (Å²) < 4.78 is 11.7. The maximum Gasteiger partial charge on any atom is 0.224 e. The van der Waals surface area contributed by atoms with Crippen molar-refractivity contribution in [3.05, 3.63) is 34.0 Å². The van der Waals surface area contributed by atoms with Crippen molar-refractivity contribution in [2.75, 3.05) is 39.4 Å². The summed E-state index contributed by atoms with van der Waals surface area (Å²) in [4.78, 5) is 14.5. The van der Waals surface area contributed by atoms with Crippen LogP contribution in [-0.4, -0.2) is 50.2 Å². The second kappa shape index (κ2) is 7.47. The Morgan fingerprint density at radius 2 is 2.13 bits per heavy atom. The Kier molecular flexibility index (Phi) is 5.35. The predicted octanol–water partition coefficient (Wildman–Crippen LogP) is 2.49. The van der Waals surface area contributed by atoms with E-state index >= 15 is 0 Å². The molecule has 1 aromatic heterocycles. The number of fused-ring (bicyclic) bond motifs is 1. The molecule has 0 atom stereocenters. The van der Waals surface area contributed by atoms with Crippen molar-refractivity contribution in [2.45, 2.75) is 13.3 Å². The summed E-state index contributed by atoms with van der Waals surface area (Å²) in [5.74, 6) is 0.0160. The summed E-state index contributed by atoms with van der Waals surface area (Å²) in [6, 6.07) is 6.03. The van der Waals surface area contributed by atoms with E-state index in [9.17, 15) is 4.79 Å². The lowest BCUT2D eigenvalue weighted by Crippen LogP contribution is -2.41. The highest BCUT2D eigenvalue weighted by Gasteiger charge is 2.16. The normalized spacial score (nSPS) is 15.9. The number of nitrogens with one attached hydrogen (secondary N) is 1. The second-order valence-electron chi connectivity index (χ2n) is 5.83. The number of carbonyl (C=O) groups excluding carboxylic acids is 1. The zero-order valence-electron chi connectivity index (χ0n) is 13.2. The fraction of sp³-hybridized carbons (Fsp3) is 0.471.